The van der Waals surface area contributed by atoms with Crippen LogP contribution in [0, 0.1) is 17.2 Å². The minimum atomic E-state index is 0.247. The lowest BCUT2D eigenvalue weighted by molar-refractivity contribution is 0.341. The Hall–Kier alpha value is -0.850. The highest BCUT2D eigenvalue weighted by Crippen LogP contribution is 2.39. The van der Waals surface area contributed by atoms with E-state index in [2.05, 4.69) is 25.2 Å². The molecular formula is C12H16N2S. The van der Waals surface area contributed by atoms with Crippen LogP contribution in [0.5, 0.6) is 0 Å². The Kier molecular flexibility index (Phi) is 2.81. The van der Waals surface area contributed by atoms with Crippen molar-refractivity contribution < 1.29 is 0 Å². The first-order valence-corrected chi connectivity index (χ1v) is 6.17. The molecule has 1 saturated carbocycles. The molecule has 0 amide bonds. The van der Waals surface area contributed by atoms with Gasteiger partial charge < -0.3 is 5.32 Å². The lowest BCUT2D eigenvalue weighted by Crippen LogP contribution is -2.40. The molecule has 1 fully saturated rings. The zero-order valence-corrected chi connectivity index (χ0v) is 10.0. The molecular weight excluding hydrogens is 204 g/mol. The first kappa shape index (κ1) is 10.7. The summed E-state index contributed by atoms with van der Waals surface area (Å²) in [5.41, 5.74) is 0.247. The molecule has 1 N–H and O–H groups in total. The third-order valence-electron chi connectivity index (χ3n) is 3.09. The van der Waals surface area contributed by atoms with Crippen LogP contribution in [0.25, 0.3) is 0 Å². The molecule has 2 nitrogen and oxygen atoms in total. The Morgan fingerprint density at radius 2 is 2.27 bits per heavy atom. The molecule has 1 heterocycles. The van der Waals surface area contributed by atoms with Crippen LogP contribution in [0.3, 0.4) is 0 Å². The molecule has 0 atom stereocenters. The summed E-state index contributed by atoms with van der Waals surface area (Å²) < 4.78 is 0. The van der Waals surface area contributed by atoms with Gasteiger partial charge in [0.15, 0.2) is 0 Å². The van der Waals surface area contributed by atoms with Crippen LogP contribution in [0.15, 0.2) is 12.1 Å². The zero-order chi connectivity index (χ0) is 10.9. The number of nitrogens with one attached hydrogen (secondary N) is 1. The maximum atomic E-state index is 8.72. The highest BCUT2D eigenvalue weighted by atomic mass is 32.1. The molecule has 0 bridgehead atoms. The van der Waals surface area contributed by atoms with Gasteiger partial charge in [0, 0.05) is 17.0 Å². The monoisotopic (exact) mass is 220 g/mol. The van der Waals surface area contributed by atoms with Crippen LogP contribution in [-0.2, 0) is 6.54 Å². The topological polar surface area (TPSA) is 35.8 Å². The van der Waals surface area contributed by atoms with E-state index in [1.54, 1.807) is 11.3 Å². The molecule has 0 aromatic carbocycles. The Morgan fingerprint density at radius 3 is 2.80 bits per heavy atom. The molecule has 3 heteroatoms. The standard InChI is InChI=1S/C12H16N2S/c1-12(2,9-3-4-9)14-8-11-6-5-10(7-13)15-11/h5-6,9,14H,3-4,8H2,1-2H3. The number of nitrogens with zero attached hydrogens (tertiary/aromatic N) is 1. The average molecular weight is 220 g/mol. The van der Waals surface area contributed by atoms with Gasteiger partial charge in [-0.2, -0.15) is 5.26 Å². The first-order valence-electron chi connectivity index (χ1n) is 5.35. The van der Waals surface area contributed by atoms with E-state index in [9.17, 15) is 0 Å². The normalized spacial score (nSPS) is 16.3. The van der Waals surface area contributed by atoms with E-state index < -0.39 is 0 Å². The predicted octanol–water partition coefficient (Wildman–Crippen LogP) is 2.90. The summed E-state index contributed by atoms with van der Waals surface area (Å²) in [6.07, 6.45) is 2.71. The second-order valence-electron chi connectivity index (χ2n) is 4.73. The van der Waals surface area contributed by atoms with Crippen LogP contribution in [-0.4, -0.2) is 5.54 Å². The van der Waals surface area contributed by atoms with Crippen molar-refractivity contribution in [2.75, 3.05) is 0 Å². The number of rotatable bonds is 4. The third kappa shape index (κ3) is 2.58. The SMILES string of the molecule is CC(C)(NCc1ccc(C#N)s1)C1CC1. The van der Waals surface area contributed by atoms with E-state index in [0.717, 1.165) is 17.3 Å². The van der Waals surface area contributed by atoms with Crippen LogP contribution < -0.4 is 5.32 Å². The lowest BCUT2D eigenvalue weighted by Gasteiger charge is -2.25. The number of thiophene rings is 1. The van der Waals surface area contributed by atoms with Crippen molar-refractivity contribution in [3.05, 3.63) is 21.9 Å². The van der Waals surface area contributed by atoms with Crippen molar-refractivity contribution in [1.29, 1.82) is 5.26 Å². The van der Waals surface area contributed by atoms with Crippen molar-refractivity contribution in [3.63, 3.8) is 0 Å². The quantitative estimate of drug-likeness (QED) is 0.847. The smallest absolute Gasteiger partial charge is 0.110 e. The minimum absolute atomic E-state index is 0.247. The van der Waals surface area contributed by atoms with Crippen LogP contribution in [0.2, 0.25) is 0 Å². The van der Waals surface area contributed by atoms with Gasteiger partial charge in [0.05, 0.1) is 0 Å². The van der Waals surface area contributed by atoms with Gasteiger partial charge in [0.1, 0.15) is 10.9 Å². The summed E-state index contributed by atoms with van der Waals surface area (Å²) in [7, 11) is 0. The van der Waals surface area contributed by atoms with Gasteiger partial charge in [0.2, 0.25) is 0 Å². The molecule has 15 heavy (non-hydrogen) atoms. The van der Waals surface area contributed by atoms with E-state index in [-0.39, 0.29) is 5.54 Å². The molecule has 80 valence electrons. The minimum Gasteiger partial charge on any atom is -0.307 e. The molecule has 0 unspecified atom stereocenters. The summed E-state index contributed by atoms with van der Waals surface area (Å²) in [4.78, 5) is 2.05. The van der Waals surface area contributed by atoms with Gasteiger partial charge >= 0.3 is 0 Å². The highest BCUT2D eigenvalue weighted by molar-refractivity contribution is 7.12. The summed E-state index contributed by atoms with van der Waals surface area (Å²) >= 11 is 1.58. The fourth-order valence-corrected chi connectivity index (χ4v) is 2.54. The zero-order valence-electron chi connectivity index (χ0n) is 9.21. The van der Waals surface area contributed by atoms with Crippen molar-refractivity contribution in [2.24, 2.45) is 5.92 Å². The molecule has 0 radical (unpaired) electrons. The molecule has 1 aromatic rings. The molecule has 0 aliphatic heterocycles. The van der Waals surface area contributed by atoms with Gasteiger partial charge in [-0.25, -0.2) is 0 Å². The van der Waals surface area contributed by atoms with E-state index in [0.29, 0.717) is 0 Å². The maximum Gasteiger partial charge on any atom is 0.110 e. The molecule has 1 aliphatic carbocycles. The molecule has 0 spiro atoms. The van der Waals surface area contributed by atoms with E-state index in [4.69, 9.17) is 5.26 Å². The number of nitriles is 1. The third-order valence-corrected chi connectivity index (χ3v) is 4.08. The number of hydrogen-bond donors (Lipinski definition) is 1. The molecule has 1 aromatic heterocycles. The molecule has 2 rings (SSSR count). The first-order chi connectivity index (χ1) is 7.12. The maximum absolute atomic E-state index is 8.72. The van der Waals surface area contributed by atoms with Crippen molar-refractivity contribution in [3.8, 4) is 6.07 Å². The predicted molar refractivity (Wildman–Crippen MR) is 62.7 cm³/mol. The second-order valence-corrected chi connectivity index (χ2v) is 5.90. The Bertz CT molecular complexity index is 383. The largest absolute Gasteiger partial charge is 0.307 e. The van der Waals surface area contributed by atoms with Gasteiger partial charge in [-0.3, -0.25) is 0 Å². The van der Waals surface area contributed by atoms with Gasteiger partial charge in [-0.15, -0.1) is 11.3 Å². The molecule has 1 aliphatic rings. The fraction of sp³-hybridized carbons (Fsp3) is 0.583. The van der Waals surface area contributed by atoms with Crippen molar-refractivity contribution in [2.45, 2.75) is 38.8 Å². The summed E-state index contributed by atoms with van der Waals surface area (Å²) in [6, 6.07) is 6.11. The van der Waals surface area contributed by atoms with Crippen LogP contribution in [0.1, 0.15) is 36.4 Å². The Morgan fingerprint density at radius 1 is 1.53 bits per heavy atom. The average Bonchev–Trinajstić information content (AvgIpc) is 2.96. The van der Waals surface area contributed by atoms with Crippen molar-refractivity contribution >= 4 is 11.3 Å². The van der Waals surface area contributed by atoms with Crippen molar-refractivity contribution in [1.82, 2.24) is 5.32 Å². The lowest BCUT2D eigenvalue weighted by atomic mass is 9.99. The van der Waals surface area contributed by atoms with E-state index in [1.807, 2.05) is 12.1 Å². The highest BCUT2D eigenvalue weighted by Gasteiger charge is 2.37. The fourth-order valence-electron chi connectivity index (χ4n) is 1.80. The molecule has 0 saturated heterocycles. The van der Waals surface area contributed by atoms with E-state index in [1.165, 1.54) is 17.7 Å². The van der Waals surface area contributed by atoms with Gasteiger partial charge in [-0.05, 0) is 44.7 Å². The Labute approximate surface area is 94.9 Å². The summed E-state index contributed by atoms with van der Waals surface area (Å²) in [5, 5.41) is 12.3. The summed E-state index contributed by atoms with van der Waals surface area (Å²) in [6.45, 7) is 5.42. The van der Waals surface area contributed by atoms with E-state index >= 15 is 0 Å². The second kappa shape index (κ2) is 3.96. The van der Waals surface area contributed by atoms with Gasteiger partial charge in [-0.1, -0.05) is 0 Å². The summed E-state index contributed by atoms with van der Waals surface area (Å²) in [5.74, 6) is 0.841. The van der Waals surface area contributed by atoms with Crippen LogP contribution in [0.4, 0.5) is 0 Å². The van der Waals surface area contributed by atoms with Gasteiger partial charge in [0.25, 0.3) is 0 Å². The number of hydrogen-bond acceptors (Lipinski definition) is 3. The van der Waals surface area contributed by atoms with Crippen LogP contribution >= 0.6 is 11.3 Å². The Balaban J connectivity index is 1.90.